The van der Waals surface area contributed by atoms with Gasteiger partial charge in [-0.3, -0.25) is 4.79 Å². The van der Waals surface area contributed by atoms with Crippen molar-refractivity contribution in [1.82, 2.24) is 4.98 Å². The van der Waals surface area contributed by atoms with Crippen LogP contribution in [0, 0.1) is 11.3 Å². The molecule has 0 aliphatic heterocycles. The zero-order valence-electron chi connectivity index (χ0n) is 13.3. The lowest BCUT2D eigenvalue weighted by atomic mass is 9.97. The number of nitrogen functional groups attached to an aromatic ring is 1. The first-order valence-electron chi connectivity index (χ1n) is 7.50. The maximum absolute atomic E-state index is 13.0. The molecule has 0 fully saturated rings. The minimum atomic E-state index is -4.52. The van der Waals surface area contributed by atoms with E-state index in [-0.39, 0.29) is 16.7 Å². The Bertz CT molecular complexity index is 1060. The van der Waals surface area contributed by atoms with Crippen LogP contribution in [0.3, 0.4) is 0 Å². The van der Waals surface area contributed by atoms with Crippen molar-refractivity contribution in [2.45, 2.75) is 6.18 Å². The third-order valence-electron chi connectivity index (χ3n) is 3.87. The van der Waals surface area contributed by atoms with Crippen molar-refractivity contribution < 1.29 is 13.2 Å². The molecule has 0 spiro atoms. The minimum Gasteiger partial charge on any atom is -0.399 e. The van der Waals surface area contributed by atoms with Crippen LogP contribution in [0.15, 0.2) is 59.4 Å². The molecule has 130 valence electrons. The van der Waals surface area contributed by atoms with Gasteiger partial charge in [-0.15, -0.1) is 0 Å². The molecule has 26 heavy (non-hydrogen) atoms. The van der Waals surface area contributed by atoms with Gasteiger partial charge in [-0.1, -0.05) is 24.3 Å². The highest BCUT2D eigenvalue weighted by molar-refractivity contribution is 5.76. The quantitative estimate of drug-likeness (QED) is 0.677. The number of aromatic amines is 1. The topological polar surface area (TPSA) is 82.7 Å². The number of anilines is 1. The average Bonchev–Trinajstić information content (AvgIpc) is 2.61. The second-order valence-electron chi connectivity index (χ2n) is 5.61. The smallest absolute Gasteiger partial charge is 0.399 e. The van der Waals surface area contributed by atoms with E-state index in [4.69, 9.17) is 5.73 Å². The molecule has 0 bridgehead atoms. The number of nitriles is 1. The second kappa shape index (κ2) is 6.41. The lowest BCUT2D eigenvalue weighted by Gasteiger charge is -2.11. The second-order valence-corrected chi connectivity index (χ2v) is 5.61. The van der Waals surface area contributed by atoms with Crippen molar-refractivity contribution in [3.8, 4) is 28.5 Å². The van der Waals surface area contributed by atoms with Gasteiger partial charge >= 0.3 is 6.18 Å². The van der Waals surface area contributed by atoms with Gasteiger partial charge in [0.2, 0.25) is 0 Å². The third-order valence-corrected chi connectivity index (χ3v) is 3.87. The number of hydrogen-bond donors (Lipinski definition) is 2. The number of hydrogen-bond acceptors (Lipinski definition) is 3. The van der Waals surface area contributed by atoms with Crippen LogP contribution in [0.4, 0.5) is 18.9 Å². The van der Waals surface area contributed by atoms with Crippen LogP contribution in [0.1, 0.15) is 11.1 Å². The summed E-state index contributed by atoms with van der Waals surface area (Å²) in [7, 11) is 0. The fraction of sp³-hybridized carbons (Fsp3) is 0.0526. The van der Waals surface area contributed by atoms with E-state index in [0.717, 1.165) is 12.1 Å². The monoisotopic (exact) mass is 355 g/mol. The number of H-pyrrole nitrogens is 1. The molecular formula is C19H12F3N3O. The number of benzene rings is 2. The maximum Gasteiger partial charge on any atom is 0.416 e. The number of halogens is 3. The maximum atomic E-state index is 13.0. The normalized spacial score (nSPS) is 11.2. The number of nitrogens with zero attached hydrogens (tertiary/aromatic N) is 1. The Balaban J connectivity index is 2.22. The number of aromatic nitrogens is 1. The van der Waals surface area contributed by atoms with Gasteiger partial charge in [0.25, 0.3) is 5.56 Å². The van der Waals surface area contributed by atoms with E-state index in [2.05, 4.69) is 4.98 Å². The highest BCUT2D eigenvalue weighted by atomic mass is 19.4. The Labute approximate surface area is 146 Å². The first-order chi connectivity index (χ1) is 12.3. The molecule has 0 aliphatic rings. The van der Waals surface area contributed by atoms with E-state index in [1.165, 1.54) is 18.2 Å². The number of nitrogens with two attached hydrogens (primary N) is 1. The Morgan fingerprint density at radius 1 is 1.00 bits per heavy atom. The zero-order chi connectivity index (χ0) is 18.9. The molecule has 0 amide bonds. The molecule has 3 N–H and O–H groups in total. The molecule has 1 heterocycles. The molecule has 0 unspecified atom stereocenters. The molecule has 7 heteroatoms. The predicted octanol–water partition coefficient (Wildman–Crippen LogP) is 4.18. The van der Waals surface area contributed by atoms with Crippen LogP contribution < -0.4 is 11.3 Å². The highest BCUT2D eigenvalue weighted by Crippen LogP contribution is 2.33. The van der Waals surface area contributed by atoms with E-state index in [1.54, 1.807) is 30.3 Å². The van der Waals surface area contributed by atoms with Gasteiger partial charge in [-0.2, -0.15) is 18.4 Å². The number of alkyl halides is 3. The fourth-order valence-corrected chi connectivity index (χ4v) is 2.58. The van der Waals surface area contributed by atoms with Crippen molar-refractivity contribution in [3.63, 3.8) is 0 Å². The van der Waals surface area contributed by atoms with Crippen LogP contribution in [-0.4, -0.2) is 4.98 Å². The molecule has 1 aromatic heterocycles. The van der Waals surface area contributed by atoms with Gasteiger partial charge in [0.1, 0.15) is 11.6 Å². The minimum absolute atomic E-state index is 0.133. The van der Waals surface area contributed by atoms with Gasteiger partial charge in [0.05, 0.1) is 5.56 Å². The van der Waals surface area contributed by atoms with Crippen molar-refractivity contribution in [1.29, 1.82) is 5.26 Å². The number of nitrogens with one attached hydrogen (secondary N) is 1. The molecule has 0 saturated heterocycles. The van der Waals surface area contributed by atoms with Gasteiger partial charge < -0.3 is 10.7 Å². The van der Waals surface area contributed by atoms with Crippen molar-refractivity contribution in [2.24, 2.45) is 0 Å². The SMILES string of the molecule is N#Cc1c(-c2cccc(C(F)(F)F)c2)cc(-c2ccc(N)cc2)[nH]c1=O. The third kappa shape index (κ3) is 3.30. The van der Waals surface area contributed by atoms with Crippen molar-refractivity contribution >= 4 is 5.69 Å². The summed E-state index contributed by atoms with van der Waals surface area (Å²) in [6, 6.07) is 14.4. The van der Waals surface area contributed by atoms with Crippen LogP contribution in [0.2, 0.25) is 0 Å². The van der Waals surface area contributed by atoms with Crippen LogP contribution in [-0.2, 0) is 6.18 Å². The molecule has 0 atom stereocenters. The molecule has 4 nitrogen and oxygen atoms in total. The number of rotatable bonds is 2. The van der Waals surface area contributed by atoms with E-state index in [1.807, 2.05) is 0 Å². The molecule has 0 aliphatic carbocycles. The molecule has 3 aromatic rings. The Morgan fingerprint density at radius 3 is 2.31 bits per heavy atom. The van der Waals surface area contributed by atoms with Crippen LogP contribution in [0.25, 0.3) is 22.4 Å². The zero-order valence-corrected chi connectivity index (χ0v) is 13.3. The largest absolute Gasteiger partial charge is 0.416 e. The molecule has 0 saturated carbocycles. The molecule has 2 aromatic carbocycles. The van der Waals surface area contributed by atoms with Crippen molar-refractivity contribution in [3.05, 3.63) is 76.1 Å². The van der Waals surface area contributed by atoms with Gasteiger partial charge in [-0.05, 0) is 41.5 Å². The predicted molar refractivity (Wildman–Crippen MR) is 92.1 cm³/mol. The summed E-state index contributed by atoms with van der Waals surface area (Å²) in [5.41, 5.74) is 5.66. The Hall–Kier alpha value is -3.53. The summed E-state index contributed by atoms with van der Waals surface area (Å²) in [6.07, 6.45) is -4.52. The average molecular weight is 355 g/mol. The van der Waals surface area contributed by atoms with E-state index in [0.29, 0.717) is 16.9 Å². The summed E-state index contributed by atoms with van der Waals surface area (Å²) in [5.74, 6) is 0. The first kappa shape index (κ1) is 17.3. The van der Waals surface area contributed by atoms with Gasteiger partial charge in [0, 0.05) is 16.9 Å². The lowest BCUT2D eigenvalue weighted by Crippen LogP contribution is -2.13. The molecule has 0 radical (unpaired) electrons. The van der Waals surface area contributed by atoms with Crippen LogP contribution >= 0.6 is 0 Å². The summed E-state index contributed by atoms with van der Waals surface area (Å²) in [5, 5.41) is 9.28. The summed E-state index contributed by atoms with van der Waals surface area (Å²) < 4.78 is 38.9. The summed E-state index contributed by atoms with van der Waals surface area (Å²) in [6.45, 7) is 0. The van der Waals surface area contributed by atoms with Crippen LogP contribution in [0.5, 0.6) is 0 Å². The summed E-state index contributed by atoms with van der Waals surface area (Å²) >= 11 is 0. The van der Waals surface area contributed by atoms with Gasteiger partial charge in [-0.25, -0.2) is 0 Å². The lowest BCUT2D eigenvalue weighted by molar-refractivity contribution is -0.137. The highest BCUT2D eigenvalue weighted by Gasteiger charge is 2.30. The van der Waals surface area contributed by atoms with Crippen molar-refractivity contribution in [2.75, 3.05) is 5.73 Å². The van der Waals surface area contributed by atoms with E-state index >= 15 is 0 Å². The first-order valence-corrected chi connectivity index (χ1v) is 7.50. The Kier molecular flexibility index (Phi) is 4.26. The fourth-order valence-electron chi connectivity index (χ4n) is 2.58. The molecular weight excluding hydrogens is 343 g/mol. The standard InChI is InChI=1S/C19H12F3N3O/c20-19(21,22)13-3-1-2-12(8-13)15-9-17(25-18(26)16(15)10-23)11-4-6-14(24)7-5-11/h1-9H,24H2,(H,25,26). The number of pyridine rings is 1. The van der Waals surface area contributed by atoms with Gasteiger partial charge in [0.15, 0.2) is 0 Å². The summed E-state index contributed by atoms with van der Waals surface area (Å²) in [4.78, 5) is 14.8. The Morgan fingerprint density at radius 2 is 1.69 bits per heavy atom. The van der Waals surface area contributed by atoms with E-state index in [9.17, 15) is 23.2 Å². The molecule has 3 rings (SSSR count). The van der Waals surface area contributed by atoms with E-state index < -0.39 is 17.3 Å².